The Morgan fingerprint density at radius 3 is 2.35 bits per heavy atom. The summed E-state index contributed by atoms with van der Waals surface area (Å²) in [7, 11) is 0. The molecule has 1 unspecified atom stereocenters. The Kier molecular flexibility index (Phi) is 4.85. The van der Waals surface area contributed by atoms with E-state index in [1.165, 1.54) is 48.1 Å². The summed E-state index contributed by atoms with van der Waals surface area (Å²) >= 11 is 0. The van der Waals surface area contributed by atoms with Crippen molar-refractivity contribution in [3.63, 3.8) is 0 Å². The molecule has 0 bridgehead atoms. The third-order valence-corrected chi connectivity index (χ3v) is 3.19. The maximum atomic E-state index is 12.6. The van der Waals surface area contributed by atoms with Gasteiger partial charge in [0.15, 0.2) is 0 Å². The molecule has 1 atom stereocenters. The van der Waals surface area contributed by atoms with E-state index in [0.29, 0.717) is 5.75 Å². The van der Waals surface area contributed by atoms with E-state index in [9.17, 15) is 18.0 Å². The molecule has 1 amide bonds. The summed E-state index contributed by atoms with van der Waals surface area (Å²) < 4.78 is 43.2. The molecule has 5 nitrogen and oxygen atoms in total. The van der Waals surface area contributed by atoms with Crippen molar-refractivity contribution < 1.29 is 27.9 Å². The van der Waals surface area contributed by atoms with Gasteiger partial charge in [-0.1, -0.05) is 12.1 Å². The molecule has 0 aliphatic rings. The minimum Gasteiger partial charge on any atom is -0.439 e. The number of hydroxylamine groups is 1. The number of nitrogens with zero attached hydrogens (tertiary/aromatic N) is 1. The Morgan fingerprint density at radius 2 is 1.87 bits per heavy atom. The van der Waals surface area contributed by atoms with E-state index in [1.807, 2.05) is 0 Å². The SMILES string of the molecule is CC(c1ccc(Oc2ccc(C(=O)NO)cn2)cc1)C(F)(F)F. The van der Waals surface area contributed by atoms with Crippen molar-refractivity contribution in [1.82, 2.24) is 10.5 Å². The minimum atomic E-state index is -4.30. The molecule has 0 saturated heterocycles. The highest BCUT2D eigenvalue weighted by Gasteiger charge is 2.36. The Labute approximate surface area is 129 Å². The van der Waals surface area contributed by atoms with Gasteiger partial charge in [0, 0.05) is 12.3 Å². The summed E-state index contributed by atoms with van der Waals surface area (Å²) in [4.78, 5) is 15.0. The zero-order valence-electron chi connectivity index (χ0n) is 12.0. The molecule has 2 aromatic rings. The smallest absolute Gasteiger partial charge is 0.395 e. The van der Waals surface area contributed by atoms with Gasteiger partial charge >= 0.3 is 6.18 Å². The minimum absolute atomic E-state index is 0.132. The van der Waals surface area contributed by atoms with Crippen molar-refractivity contribution in [3.8, 4) is 11.6 Å². The molecular weight excluding hydrogens is 313 g/mol. The van der Waals surface area contributed by atoms with Crippen LogP contribution >= 0.6 is 0 Å². The number of rotatable bonds is 4. The summed E-state index contributed by atoms with van der Waals surface area (Å²) in [5.74, 6) is -1.80. The molecule has 122 valence electrons. The third kappa shape index (κ3) is 4.19. The van der Waals surface area contributed by atoms with Crippen LogP contribution in [0.5, 0.6) is 11.6 Å². The average Bonchev–Trinajstić information content (AvgIpc) is 2.54. The Bertz CT molecular complexity index is 670. The summed E-state index contributed by atoms with van der Waals surface area (Å²) in [5.41, 5.74) is 1.73. The van der Waals surface area contributed by atoms with Gasteiger partial charge in [-0.15, -0.1) is 0 Å². The first kappa shape index (κ1) is 16.8. The number of aromatic nitrogens is 1. The number of ether oxygens (including phenoxy) is 1. The van der Waals surface area contributed by atoms with Crippen LogP contribution in [-0.4, -0.2) is 22.3 Å². The van der Waals surface area contributed by atoms with Gasteiger partial charge in [0.1, 0.15) is 5.75 Å². The molecule has 2 N–H and O–H groups in total. The van der Waals surface area contributed by atoms with Crippen molar-refractivity contribution in [2.75, 3.05) is 0 Å². The lowest BCUT2D eigenvalue weighted by molar-refractivity contribution is -0.146. The number of carbonyl (C=O) groups excluding carboxylic acids is 1. The summed E-state index contributed by atoms with van der Waals surface area (Å²) in [5, 5.41) is 8.48. The number of hydrogen-bond donors (Lipinski definition) is 2. The lowest BCUT2D eigenvalue weighted by Crippen LogP contribution is -2.18. The lowest BCUT2D eigenvalue weighted by atomic mass is 10.0. The van der Waals surface area contributed by atoms with Gasteiger partial charge in [0.2, 0.25) is 5.88 Å². The van der Waals surface area contributed by atoms with E-state index in [4.69, 9.17) is 9.94 Å². The van der Waals surface area contributed by atoms with E-state index < -0.39 is 18.0 Å². The van der Waals surface area contributed by atoms with Gasteiger partial charge in [-0.2, -0.15) is 13.2 Å². The molecule has 1 heterocycles. The van der Waals surface area contributed by atoms with Crippen LogP contribution in [0.3, 0.4) is 0 Å². The van der Waals surface area contributed by atoms with Gasteiger partial charge in [-0.05, 0) is 30.7 Å². The van der Waals surface area contributed by atoms with Crippen LogP contribution in [-0.2, 0) is 0 Å². The van der Waals surface area contributed by atoms with E-state index >= 15 is 0 Å². The maximum Gasteiger partial charge on any atom is 0.395 e. The molecule has 1 aromatic carbocycles. The molecular formula is C15H13F3N2O3. The number of pyridine rings is 1. The van der Waals surface area contributed by atoms with Gasteiger partial charge in [0.25, 0.3) is 5.91 Å². The molecule has 0 radical (unpaired) electrons. The summed E-state index contributed by atoms with van der Waals surface area (Å²) in [6.45, 7) is 1.09. The molecule has 8 heteroatoms. The second-order valence-corrected chi connectivity index (χ2v) is 4.76. The molecule has 0 saturated carbocycles. The standard InChI is InChI=1S/C15H13F3N2O3/c1-9(15(16,17)18)10-2-5-12(6-3-10)23-13-7-4-11(8-19-13)14(21)20-22/h2-9,22H,1H3,(H,20,21). The molecule has 23 heavy (non-hydrogen) atoms. The first-order chi connectivity index (χ1) is 10.8. The van der Waals surface area contributed by atoms with Crippen LogP contribution in [0.2, 0.25) is 0 Å². The number of carbonyl (C=O) groups is 1. The van der Waals surface area contributed by atoms with Crippen LogP contribution in [0.1, 0.15) is 28.8 Å². The second-order valence-electron chi connectivity index (χ2n) is 4.76. The number of alkyl halides is 3. The largest absolute Gasteiger partial charge is 0.439 e. The number of hydrogen-bond acceptors (Lipinski definition) is 4. The molecule has 0 aliphatic carbocycles. The third-order valence-electron chi connectivity index (χ3n) is 3.19. The normalized spacial score (nSPS) is 12.6. The zero-order valence-corrected chi connectivity index (χ0v) is 12.0. The van der Waals surface area contributed by atoms with E-state index in [2.05, 4.69) is 4.98 Å². The van der Waals surface area contributed by atoms with Crippen molar-refractivity contribution in [3.05, 3.63) is 53.7 Å². The summed E-state index contributed by atoms with van der Waals surface area (Å²) in [6.07, 6.45) is -3.10. The molecule has 2 rings (SSSR count). The van der Waals surface area contributed by atoms with Crippen LogP contribution in [0.15, 0.2) is 42.6 Å². The fourth-order valence-electron chi connectivity index (χ4n) is 1.77. The quantitative estimate of drug-likeness (QED) is 0.664. The van der Waals surface area contributed by atoms with Crippen molar-refractivity contribution >= 4 is 5.91 Å². The lowest BCUT2D eigenvalue weighted by Gasteiger charge is -2.16. The van der Waals surface area contributed by atoms with Gasteiger partial charge in [0.05, 0.1) is 11.5 Å². The first-order valence-electron chi connectivity index (χ1n) is 6.56. The van der Waals surface area contributed by atoms with E-state index in [-0.39, 0.29) is 17.0 Å². The highest BCUT2D eigenvalue weighted by atomic mass is 19.4. The van der Waals surface area contributed by atoms with Crippen LogP contribution in [0.25, 0.3) is 0 Å². The number of halogens is 3. The molecule has 1 aromatic heterocycles. The molecule has 0 aliphatic heterocycles. The first-order valence-corrected chi connectivity index (χ1v) is 6.56. The topological polar surface area (TPSA) is 71.5 Å². The Balaban J connectivity index is 2.08. The van der Waals surface area contributed by atoms with E-state index in [1.54, 1.807) is 0 Å². The molecule has 0 spiro atoms. The second kappa shape index (κ2) is 6.66. The van der Waals surface area contributed by atoms with Crippen molar-refractivity contribution in [2.24, 2.45) is 0 Å². The van der Waals surface area contributed by atoms with Crippen molar-refractivity contribution in [2.45, 2.75) is 19.0 Å². The fraction of sp³-hybridized carbons (Fsp3) is 0.200. The van der Waals surface area contributed by atoms with Crippen molar-refractivity contribution in [1.29, 1.82) is 0 Å². The Morgan fingerprint density at radius 1 is 1.22 bits per heavy atom. The fourth-order valence-corrected chi connectivity index (χ4v) is 1.77. The van der Waals surface area contributed by atoms with Crippen LogP contribution in [0.4, 0.5) is 13.2 Å². The monoisotopic (exact) mass is 326 g/mol. The number of amides is 1. The van der Waals surface area contributed by atoms with Gasteiger partial charge < -0.3 is 4.74 Å². The van der Waals surface area contributed by atoms with Gasteiger partial charge in [-0.3, -0.25) is 10.0 Å². The maximum absolute atomic E-state index is 12.6. The predicted octanol–water partition coefficient (Wildman–Crippen LogP) is 3.66. The number of benzene rings is 1. The highest BCUT2D eigenvalue weighted by molar-refractivity contribution is 5.92. The van der Waals surface area contributed by atoms with Crippen LogP contribution in [0, 0.1) is 0 Å². The highest BCUT2D eigenvalue weighted by Crippen LogP contribution is 2.35. The molecule has 0 fully saturated rings. The summed E-state index contributed by atoms with van der Waals surface area (Å²) in [6, 6.07) is 8.27. The van der Waals surface area contributed by atoms with Gasteiger partial charge in [-0.25, -0.2) is 10.5 Å². The predicted molar refractivity (Wildman–Crippen MR) is 74.5 cm³/mol. The Hall–Kier alpha value is -2.61. The number of nitrogens with one attached hydrogen (secondary N) is 1. The zero-order chi connectivity index (χ0) is 17.0. The average molecular weight is 326 g/mol. The van der Waals surface area contributed by atoms with Crippen LogP contribution < -0.4 is 10.2 Å². The van der Waals surface area contributed by atoms with E-state index in [0.717, 1.165) is 6.92 Å².